The molecule has 1 aliphatic heterocycles. The van der Waals surface area contributed by atoms with Crippen LogP contribution in [0.3, 0.4) is 0 Å². The molecule has 0 spiro atoms. The smallest absolute Gasteiger partial charge is 0.293 e. The third-order valence-electron chi connectivity index (χ3n) is 3.59. The highest BCUT2D eigenvalue weighted by molar-refractivity contribution is 8.15. The molecule has 1 aliphatic rings. The second-order valence-electron chi connectivity index (χ2n) is 5.04. The predicted octanol–water partition coefficient (Wildman–Crippen LogP) is 4.16. The molecular weight excluding hydrogens is 334 g/mol. The fourth-order valence-electron chi connectivity index (χ4n) is 2.51. The summed E-state index contributed by atoms with van der Waals surface area (Å²) in [5.74, 6) is 0.489. The van der Waals surface area contributed by atoms with E-state index in [2.05, 4.69) is 0 Å². The first kappa shape index (κ1) is 15.9. The van der Waals surface area contributed by atoms with E-state index in [1.54, 1.807) is 31.4 Å². The Labute approximate surface area is 143 Å². The fraction of sp³-hybridized carbons (Fsp3) is 0.176. The molecule has 2 amide bonds. The first-order valence-electron chi connectivity index (χ1n) is 7.02. The first-order chi connectivity index (χ1) is 11.1. The van der Waals surface area contributed by atoms with Gasteiger partial charge in [-0.2, -0.15) is 0 Å². The Hall–Kier alpha value is -1.98. The number of imide groups is 1. The zero-order valence-electron chi connectivity index (χ0n) is 12.4. The maximum Gasteiger partial charge on any atom is 0.293 e. The van der Waals surface area contributed by atoms with Crippen molar-refractivity contribution in [2.75, 3.05) is 12.0 Å². The van der Waals surface area contributed by atoms with E-state index in [4.69, 9.17) is 16.3 Å². The van der Waals surface area contributed by atoms with Gasteiger partial charge in [0.15, 0.2) is 0 Å². The molecule has 0 radical (unpaired) electrons. The van der Waals surface area contributed by atoms with Crippen LogP contribution in [0.5, 0.6) is 5.75 Å². The Kier molecular flexibility index (Phi) is 4.59. The molecule has 1 heterocycles. The lowest BCUT2D eigenvalue weighted by Crippen LogP contribution is -2.32. The third kappa shape index (κ3) is 3.21. The topological polar surface area (TPSA) is 46.6 Å². The van der Waals surface area contributed by atoms with E-state index in [9.17, 15) is 9.59 Å². The second-order valence-corrected chi connectivity index (χ2v) is 6.63. The average molecular weight is 348 g/mol. The van der Waals surface area contributed by atoms with E-state index < -0.39 is 5.25 Å². The first-order valence-corrected chi connectivity index (χ1v) is 8.28. The molecule has 0 bridgehead atoms. The monoisotopic (exact) mass is 347 g/mol. The number of ether oxygens (including phenoxy) is 1. The van der Waals surface area contributed by atoms with Gasteiger partial charge in [0.05, 0.1) is 18.0 Å². The molecule has 0 saturated carbocycles. The van der Waals surface area contributed by atoms with Gasteiger partial charge in [-0.3, -0.25) is 9.59 Å². The van der Waals surface area contributed by atoms with Gasteiger partial charge in [-0.1, -0.05) is 47.6 Å². The Balaban J connectivity index is 1.84. The van der Waals surface area contributed by atoms with Crippen molar-refractivity contribution in [2.24, 2.45) is 0 Å². The van der Waals surface area contributed by atoms with E-state index in [-0.39, 0.29) is 11.1 Å². The minimum atomic E-state index is -0.460. The van der Waals surface area contributed by atoms with Crippen molar-refractivity contribution in [1.29, 1.82) is 0 Å². The summed E-state index contributed by atoms with van der Waals surface area (Å²) in [6.45, 7) is 0. The van der Waals surface area contributed by atoms with Crippen molar-refractivity contribution in [2.45, 2.75) is 11.7 Å². The number of para-hydroxylation sites is 1. The summed E-state index contributed by atoms with van der Waals surface area (Å²) in [6, 6.07) is 14.2. The van der Waals surface area contributed by atoms with Crippen molar-refractivity contribution in [3.05, 3.63) is 59.1 Å². The fourth-order valence-corrected chi connectivity index (χ4v) is 3.70. The number of amides is 2. The number of hydrogen-bond acceptors (Lipinski definition) is 4. The molecule has 1 atom stereocenters. The number of halogens is 1. The van der Waals surface area contributed by atoms with Crippen molar-refractivity contribution < 1.29 is 14.3 Å². The van der Waals surface area contributed by atoms with Gasteiger partial charge in [0, 0.05) is 5.02 Å². The number of carbonyl (C=O) groups excluding carboxylic acids is 2. The van der Waals surface area contributed by atoms with Gasteiger partial charge in [-0.05, 0) is 36.2 Å². The van der Waals surface area contributed by atoms with Gasteiger partial charge in [-0.25, -0.2) is 4.90 Å². The summed E-state index contributed by atoms with van der Waals surface area (Å²) in [5, 5.41) is -0.253. The standard InChI is InChI=1S/C17H14ClNO3S/c1-22-14-8-3-2-5-11(14)9-15-16(20)19(17(21)23-15)13-7-4-6-12(18)10-13/h2-8,10,15H,9H2,1H3/t15-/m0/s1. The van der Waals surface area contributed by atoms with Gasteiger partial charge in [0.25, 0.3) is 5.24 Å². The lowest BCUT2D eigenvalue weighted by Gasteiger charge is -2.14. The molecule has 4 nitrogen and oxygen atoms in total. The quantitative estimate of drug-likeness (QED) is 0.833. The molecule has 1 fully saturated rings. The van der Waals surface area contributed by atoms with Crippen LogP contribution in [0.15, 0.2) is 48.5 Å². The van der Waals surface area contributed by atoms with Crippen LogP contribution in [0.2, 0.25) is 5.02 Å². The largest absolute Gasteiger partial charge is 0.496 e. The van der Waals surface area contributed by atoms with Crippen LogP contribution in [-0.2, 0) is 11.2 Å². The second kappa shape index (κ2) is 6.64. The molecule has 3 rings (SSSR count). The predicted molar refractivity (Wildman–Crippen MR) is 92.4 cm³/mol. The molecule has 2 aromatic carbocycles. The Morgan fingerprint density at radius 1 is 1.17 bits per heavy atom. The van der Waals surface area contributed by atoms with Gasteiger partial charge in [0.2, 0.25) is 5.91 Å². The van der Waals surface area contributed by atoms with Crippen LogP contribution in [0, 0.1) is 0 Å². The highest BCUT2D eigenvalue weighted by Gasteiger charge is 2.40. The lowest BCUT2D eigenvalue weighted by atomic mass is 10.1. The van der Waals surface area contributed by atoms with Crippen molar-refractivity contribution in [3.8, 4) is 5.75 Å². The maximum atomic E-state index is 12.6. The number of anilines is 1. The number of hydrogen-bond donors (Lipinski definition) is 0. The highest BCUT2D eigenvalue weighted by Crippen LogP contribution is 2.35. The normalized spacial score (nSPS) is 17.7. The molecule has 0 aromatic heterocycles. The summed E-state index contributed by atoms with van der Waals surface area (Å²) in [4.78, 5) is 26.1. The summed E-state index contributed by atoms with van der Waals surface area (Å²) < 4.78 is 5.31. The molecule has 0 N–H and O–H groups in total. The number of carbonyl (C=O) groups is 2. The molecule has 1 saturated heterocycles. The van der Waals surface area contributed by atoms with Crippen LogP contribution in [0.4, 0.5) is 10.5 Å². The zero-order chi connectivity index (χ0) is 16.4. The number of benzene rings is 2. The SMILES string of the molecule is COc1ccccc1C[C@@H]1SC(=O)N(c2cccc(Cl)c2)C1=O. The molecule has 0 unspecified atom stereocenters. The minimum Gasteiger partial charge on any atom is -0.496 e. The van der Waals surface area contributed by atoms with Gasteiger partial charge >= 0.3 is 0 Å². The molecule has 6 heteroatoms. The van der Waals surface area contributed by atoms with Crippen LogP contribution < -0.4 is 9.64 Å². The van der Waals surface area contributed by atoms with E-state index in [1.165, 1.54) is 4.90 Å². The van der Waals surface area contributed by atoms with Crippen LogP contribution >= 0.6 is 23.4 Å². The summed E-state index contributed by atoms with van der Waals surface area (Å²) in [6.07, 6.45) is 0.441. The average Bonchev–Trinajstić information content (AvgIpc) is 2.82. The van der Waals surface area contributed by atoms with Crippen molar-refractivity contribution in [3.63, 3.8) is 0 Å². The summed E-state index contributed by atoms with van der Waals surface area (Å²) in [5.41, 5.74) is 1.41. The summed E-state index contributed by atoms with van der Waals surface area (Å²) >= 11 is 6.99. The third-order valence-corrected chi connectivity index (χ3v) is 4.86. The van der Waals surface area contributed by atoms with Crippen molar-refractivity contribution >= 4 is 40.2 Å². The van der Waals surface area contributed by atoms with Crippen molar-refractivity contribution in [1.82, 2.24) is 0 Å². The van der Waals surface area contributed by atoms with Gasteiger partial charge < -0.3 is 4.74 Å². The molecule has 0 aliphatic carbocycles. The summed E-state index contributed by atoms with van der Waals surface area (Å²) in [7, 11) is 1.59. The lowest BCUT2D eigenvalue weighted by molar-refractivity contribution is -0.117. The van der Waals surface area contributed by atoms with E-state index >= 15 is 0 Å². The highest BCUT2D eigenvalue weighted by atomic mass is 35.5. The number of nitrogens with zero attached hydrogens (tertiary/aromatic N) is 1. The number of methoxy groups -OCH3 is 1. The maximum absolute atomic E-state index is 12.6. The Bertz CT molecular complexity index is 765. The number of rotatable bonds is 4. The Morgan fingerprint density at radius 2 is 1.96 bits per heavy atom. The van der Waals surface area contributed by atoms with Crippen LogP contribution in [-0.4, -0.2) is 23.5 Å². The molecule has 2 aromatic rings. The van der Waals surface area contributed by atoms with Crippen LogP contribution in [0.1, 0.15) is 5.56 Å². The van der Waals surface area contributed by atoms with E-state index in [0.717, 1.165) is 23.1 Å². The molecule has 23 heavy (non-hydrogen) atoms. The zero-order valence-corrected chi connectivity index (χ0v) is 13.9. The van der Waals surface area contributed by atoms with Gasteiger partial charge in [-0.15, -0.1) is 0 Å². The minimum absolute atomic E-state index is 0.229. The number of thioether (sulfide) groups is 1. The van der Waals surface area contributed by atoms with Gasteiger partial charge in [0.1, 0.15) is 5.75 Å². The van der Waals surface area contributed by atoms with Crippen LogP contribution in [0.25, 0.3) is 0 Å². The van der Waals surface area contributed by atoms with E-state index in [1.807, 2.05) is 24.3 Å². The Morgan fingerprint density at radius 3 is 2.70 bits per heavy atom. The molecule has 118 valence electrons. The van der Waals surface area contributed by atoms with E-state index in [0.29, 0.717) is 17.1 Å². The molecular formula is C17H14ClNO3S.